The van der Waals surface area contributed by atoms with Gasteiger partial charge in [-0.2, -0.15) is 0 Å². The van der Waals surface area contributed by atoms with Crippen molar-refractivity contribution in [1.82, 2.24) is 0 Å². The molecule has 1 rings (SSSR count). The first-order chi connectivity index (χ1) is 7.54. The van der Waals surface area contributed by atoms with E-state index in [1.54, 1.807) is 13.0 Å². The molecule has 1 aromatic carbocycles. The van der Waals surface area contributed by atoms with Crippen molar-refractivity contribution in [2.45, 2.75) is 32.7 Å². The summed E-state index contributed by atoms with van der Waals surface area (Å²) in [6.07, 6.45) is 1.50. The Balaban J connectivity index is 0.00000256. The number of rotatable bonds is 4. The summed E-state index contributed by atoms with van der Waals surface area (Å²) in [5.41, 5.74) is 6.97. The topological polar surface area (TPSA) is 55.1 Å². The quantitative estimate of drug-likeness (QED) is 0.874. The number of aryl methyl sites for hydroxylation is 1. The molecule has 0 aromatic heterocycles. The molecule has 0 fully saturated rings. The molecule has 1 aromatic rings. The van der Waals surface area contributed by atoms with Crippen molar-refractivity contribution in [3.8, 4) is 0 Å². The maximum absolute atomic E-state index is 12.8. The van der Waals surface area contributed by atoms with E-state index in [0.717, 1.165) is 6.42 Å². The fourth-order valence-corrected chi connectivity index (χ4v) is 1.43. The Morgan fingerprint density at radius 1 is 1.53 bits per heavy atom. The standard InChI is InChI=1S/C12H17FN2O.ClH/c1-3-4-10(14)12(16)15-11-6-5-9(13)7-8(11)2;/h5-7,10H,3-4,14H2,1-2H3,(H,15,16);1H. The minimum atomic E-state index is -0.505. The van der Waals surface area contributed by atoms with Crippen LogP contribution in [0.2, 0.25) is 0 Å². The molecule has 0 spiro atoms. The van der Waals surface area contributed by atoms with Gasteiger partial charge < -0.3 is 11.1 Å². The summed E-state index contributed by atoms with van der Waals surface area (Å²) in [5, 5.41) is 2.69. The molecule has 0 saturated heterocycles. The third-order valence-electron chi connectivity index (χ3n) is 2.38. The Morgan fingerprint density at radius 2 is 2.18 bits per heavy atom. The third-order valence-corrected chi connectivity index (χ3v) is 2.38. The molecule has 5 heteroatoms. The van der Waals surface area contributed by atoms with Crippen LogP contribution in [-0.2, 0) is 4.79 Å². The number of carbonyl (C=O) groups excluding carboxylic acids is 1. The molecule has 1 atom stereocenters. The van der Waals surface area contributed by atoms with E-state index in [4.69, 9.17) is 5.73 Å². The number of carbonyl (C=O) groups is 1. The summed E-state index contributed by atoms with van der Waals surface area (Å²) in [6.45, 7) is 3.71. The van der Waals surface area contributed by atoms with Crippen LogP contribution in [-0.4, -0.2) is 11.9 Å². The van der Waals surface area contributed by atoms with E-state index >= 15 is 0 Å². The zero-order valence-corrected chi connectivity index (χ0v) is 10.8. The zero-order valence-electron chi connectivity index (χ0n) is 10.00. The van der Waals surface area contributed by atoms with E-state index in [0.29, 0.717) is 17.7 Å². The Bertz CT molecular complexity index is 385. The minimum absolute atomic E-state index is 0. The van der Waals surface area contributed by atoms with Gasteiger partial charge in [0.1, 0.15) is 5.82 Å². The Morgan fingerprint density at radius 3 is 2.71 bits per heavy atom. The van der Waals surface area contributed by atoms with Gasteiger partial charge in [-0.3, -0.25) is 4.79 Å². The Labute approximate surface area is 107 Å². The van der Waals surface area contributed by atoms with Crippen LogP contribution < -0.4 is 11.1 Å². The Kier molecular flexibility index (Phi) is 6.76. The van der Waals surface area contributed by atoms with Crippen LogP contribution in [0.3, 0.4) is 0 Å². The number of halogens is 2. The maximum Gasteiger partial charge on any atom is 0.241 e. The number of anilines is 1. The van der Waals surface area contributed by atoms with Crippen molar-refractivity contribution >= 4 is 24.0 Å². The summed E-state index contributed by atoms with van der Waals surface area (Å²) in [4.78, 5) is 11.6. The molecule has 1 unspecified atom stereocenters. The molecule has 17 heavy (non-hydrogen) atoms. The second kappa shape index (κ2) is 7.25. The van der Waals surface area contributed by atoms with Crippen molar-refractivity contribution in [2.75, 3.05) is 5.32 Å². The molecule has 3 N–H and O–H groups in total. The first-order valence-corrected chi connectivity index (χ1v) is 5.37. The van der Waals surface area contributed by atoms with Crippen LogP contribution in [0.1, 0.15) is 25.3 Å². The van der Waals surface area contributed by atoms with Gasteiger partial charge in [0.2, 0.25) is 5.91 Å². The van der Waals surface area contributed by atoms with Gasteiger partial charge in [0.05, 0.1) is 6.04 Å². The van der Waals surface area contributed by atoms with Gasteiger partial charge >= 0.3 is 0 Å². The lowest BCUT2D eigenvalue weighted by atomic mass is 10.1. The molecule has 1 amide bonds. The van der Waals surface area contributed by atoms with Crippen molar-refractivity contribution in [1.29, 1.82) is 0 Å². The second-order valence-electron chi connectivity index (χ2n) is 3.84. The molecular weight excluding hydrogens is 243 g/mol. The fourth-order valence-electron chi connectivity index (χ4n) is 1.43. The van der Waals surface area contributed by atoms with Crippen molar-refractivity contribution in [3.05, 3.63) is 29.6 Å². The average molecular weight is 261 g/mol. The van der Waals surface area contributed by atoms with Crippen LogP contribution >= 0.6 is 12.4 Å². The first kappa shape index (κ1) is 15.9. The highest BCUT2D eigenvalue weighted by Crippen LogP contribution is 2.15. The molecule has 3 nitrogen and oxygen atoms in total. The summed E-state index contributed by atoms with van der Waals surface area (Å²) in [5.74, 6) is -0.537. The molecule has 0 heterocycles. The monoisotopic (exact) mass is 260 g/mol. The van der Waals surface area contributed by atoms with E-state index in [1.807, 2.05) is 6.92 Å². The lowest BCUT2D eigenvalue weighted by Gasteiger charge is -2.12. The molecule has 0 aliphatic rings. The summed E-state index contributed by atoms with van der Waals surface area (Å²) in [7, 11) is 0. The van der Waals surface area contributed by atoms with Gasteiger partial charge in [-0.1, -0.05) is 13.3 Å². The number of nitrogens with two attached hydrogens (primary N) is 1. The SMILES string of the molecule is CCCC(N)C(=O)Nc1ccc(F)cc1C.Cl. The smallest absolute Gasteiger partial charge is 0.241 e. The number of nitrogens with one attached hydrogen (secondary N) is 1. The number of amides is 1. The molecule has 96 valence electrons. The summed E-state index contributed by atoms with van der Waals surface area (Å²) >= 11 is 0. The first-order valence-electron chi connectivity index (χ1n) is 5.37. The van der Waals surface area contributed by atoms with Gasteiger partial charge in [0.15, 0.2) is 0 Å². The van der Waals surface area contributed by atoms with E-state index in [9.17, 15) is 9.18 Å². The van der Waals surface area contributed by atoms with Gasteiger partial charge in [-0.25, -0.2) is 4.39 Å². The van der Waals surface area contributed by atoms with Gasteiger partial charge in [0, 0.05) is 5.69 Å². The van der Waals surface area contributed by atoms with Crippen molar-refractivity contribution in [2.24, 2.45) is 5.73 Å². The molecule has 0 bridgehead atoms. The molecule has 0 aliphatic heterocycles. The zero-order chi connectivity index (χ0) is 12.1. The molecule has 0 saturated carbocycles. The number of hydrogen-bond acceptors (Lipinski definition) is 2. The van der Waals surface area contributed by atoms with Crippen LogP contribution in [0.15, 0.2) is 18.2 Å². The highest BCUT2D eigenvalue weighted by atomic mass is 35.5. The highest BCUT2D eigenvalue weighted by Gasteiger charge is 2.13. The van der Waals surface area contributed by atoms with Gasteiger partial charge in [-0.15, -0.1) is 12.4 Å². The predicted molar refractivity (Wildman–Crippen MR) is 69.9 cm³/mol. The lowest BCUT2D eigenvalue weighted by molar-refractivity contribution is -0.117. The predicted octanol–water partition coefficient (Wildman–Crippen LogP) is 2.62. The average Bonchev–Trinajstić information content (AvgIpc) is 2.22. The van der Waals surface area contributed by atoms with Crippen LogP contribution in [0.25, 0.3) is 0 Å². The third kappa shape index (κ3) is 4.71. The van der Waals surface area contributed by atoms with Gasteiger partial charge in [-0.05, 0) is 37.1 Å². The van der Waals surface area contributed by atoms with Crippen LogP contribution in [0.4, 0.5) is 10.1 Å². The normalized spacial score (nSPS) is 11.5. The summed E-state index contributed by atoms with van der Waals surface area (Å²) < 4.78 is 12.8. The Hall–Kier alpha value is -1.13. The fraction of sp³-hybridized carbons (Fsp3) is 0.417. The van der Waals surface area contributed by atoms with Crippen LogP contribution in [0, 0.1) is 12.7 Å². The molecule has 0 radical (unpaired) electrons. The van der Waals surface area contributed by atoms with Gasteiger partial charge in [0.25, 0.3) is 0 Å². The van der Waals surface area contributed by atoms with E-state index in [2.05, 4.69) is 5.32 Å². The number of hydrogen-bond donors (Lipinski definition) is 2. The molecular formula is C12H18ClFN2O. The highest BCUT2D eigenvalue weighted by molar-refractivity contribution is 5.95. The minimum Gasteiger partial charge on any atom is -0.324 e. The second-order valence-corrected chi connectivity index (χ2v) is 3.84. The largest absolute Gasteiger partial charge is 0.324 e. The van der Waals surface area contributed by atoms with Crippen LogP contribution in [0.5, 0.6) is 0 Å². The van der Waals surface area contributed by atoms with E-state index in [-0.39, 0.29) is 24.1 Å². The summed E-state index contributed by atoms with van der Waals surface area (Å²) in [6, 6.07) is 3.73. The number of benzene rings is 1. The van der Waals surface area contributed by atoms with E-state index < -0.39 is 6.04 Å². The lowest BCUT2D eigenvalue weighted by Crippen LogP contribution is -2.35. The van der Waals surface area contributed by atoms with E-state index in [1.165, 1.54) is 12.1 Å². The maximum atomic E-state index is 12.8. The van der Waals surface area contributed by atoms with Crippen molar-refractivity contribution in [3.63, 3.8) is 0 Å². The van der Waals surface area contributed by atoms with Crippen molar-refractivity contribution < 1.29 is 9.18 Å². The molecule has 0 aliphatic carbocycles.